The summed E-state index contributed by atoms with van der Waals surface area (Å²) >= 11 is 0. The van der Waals surface area contributed by atoms with Crippen molar-refractivity contribution in [3.05, 3.63) is 35.9 Å². The zero-order valence-electron chi connectivity index (χ0n) is 11.3. The van der Waals surface area contributed by atoms with Gasteiger partial charge in [-0.15, -0.1) is 0 Å². The molecule has 1 N–H and O–H groups in total. The number of carbonyl (C=O) groups excluding carboxylic acids is 1. The highest BCUT2D eigenvalue weighted by Gasteiger charge is 2.53. The van der Waals surface area contributed by atoms with Crippen LogP contribution in [0.15, 0.2) is 30.3 Å². The van der Waals surface area contributed by atoms with Gasteiger partial charge in [0.05, 0.1) is 13.0 Å². The van der Waals surface area contributed by atoms with E-state index < -0.39 is 0 Å². The maximum Gasteiger partial charge on any atom is 0.311 e. The lowest BCUT2D eigenvalue weighted by atomic mass is 9.78. The molecule has 0 radical (unpaired) electrons. The lowest BCUT2D eigenvalue weighted by Gasteiger charge is -2.43. The highest BCUT2D eigenvalue weighted by molar-refractivity contribution is 5.75. The molecule has 2 saturated heterocycles. The summed E-state index contributed by atoms with van der Waals surface area (Å²) in [6, 6.07) is 10.4. The number of rotatable bonds is 3. The van der Waals surface area contributed by atoms with Gasteiger partial charge in [0.15, 0.2) is 0 Å². The molecule has 2 fully saturated rings. The Morgan fingerprint density at radius 2 is 2.21 bits per heavy atom. The summed E-state index contributed by atoms with van der Waals surface area (Å²) in [6.07, 6.45) is 1.07. The number of nitrogens with zero attached hydrogens (tertiary/aromatic N) is 1. The van der Waals surface area contributed by atoms with Gasteiger partial charge in [-0.1, -0.05) is 30.3 Å². The van der Waals surface area contributed by atoms with E-state index in [0.29, 0.717) is 0 Å². The minimum absolute atomic E-state index is 0.0324. The van der Waals surface area contributed by atoms with E-state index in [1.54, 1.807) is 0 Å². The predicted octanol–water partition coefficient (Wildman–Crippen LogP) is 1.02. The third-order valence-corrected chi connectivity index (χ3v) is 4.40. The minimum atomic E-state index is -0.0808. The molecule has 4 heteroatoms. The molecular weight excluding hydrogens is 240 g/mol. The minimum Gasteiger partial charge on any atom is -0.469 e. The summed E-state index contributed by atoms with van der Waals surface area (Å²) in [5, 5.41) is 3.46. The smallest absolute Gasteiger partial charge is 0.311 e. The van der Waals surface area contributed by atoms with Crippen LogP contribution in [0.1, 0.15) is 12.0 Å². The summed E-state index contributed by atoms with van der Waals surface area (Å²) in [7, 11) is 1.48. The number of esters is 1. The topological polar surface area (TPSA) is 41.6 Å². The Balaban J connectivity index is 1.71. The first kappa shape index (κ1) is 12.6. The third kappa shape index (κ3) is 2.26. The van der Waals surface area contributed by atoms with Crippen molar-refractivity contribution < 1.29 is 9.53 Å². The van der Waals surface area contributed by atoms with Crippen molar-refractivity contribution in [2.45, 2.75) is 18.5 Å². The zero-order chi connectivity index (χ0) is 13.3. The quantitative estimate of drug-likeness (QED) is 0.824. The number of hydrogen-bond acceptors (Lipinski definition) is 4. The molecule has 19 heavy (non-hydrogen) atoms. The predicted molar refractivity (Wildman–Crippen MR) is 72.6 cm³/mol. The van der Waals surface area contributed by atoms with Crippen molar-refractivity contribution in [3.8, 4) is 0 Å². The fourth-order valence-corrected chi connectivity index (χ4v) is 3.29. The molecule has 2 aliphatic heterocycles. The molecule has 0 aliphatic carbocycles. The lowest BCUT2D eigenvalue weighted by molar-refractivity contribution is -0.148. The van der Waals surface area contributed by atoms with Crippen molar-refractivity contribution in [3.63, 3.8) is 0 Å². The van der Waals surface area contributed by atoms with Crippen LogP contribution in [-0.2, 0) is 16.1 Å². The molecule has 0 amide bonds. The molecule has 1 aromatic carbocycles. The molecule has 3 rings (SSSR count). The average Bonchev–Trinajstić information content (AvgIpc) is 2.78. The molecule has 0 saturated carbocycles. The average molecular weight is 260 g/mol. The van der Waals surface area contributed by atoms with Gasteiger partial charge in [0, 0.05) is 25.2 Å². The van der Waals surface area contributed by atoms with Gasteiger partial charge in [0.25, 0.3) is 0 Å². The van der Waals surface area contributed by atoms with Gasteiger partial charge >= 0.3 is 5.97 Å². The standard InChI is InChI=1S/C15H20N2O2/c1-19-14(18)13-10-17(11-15(13)7-8-16-15)9-12-5-3-2-4-6-12/h2-6,13,16H,7-11H2,1H3/t13-,15+/m1/s1. The number of ether oxygens (including phenoxy) is 1. The van der Waals surface area contributed by atoms with E-state index >= 15 is 0 Å². The Morgan fingerprint density at radius 3 is 2.79 bits per heavy atom. The van der Waals surface area contributed by atoms with Crippen LogP contribution in [0.3, 0.4) is 0 Å². The first-order valence-corrected chi connectivity index (χ1v) is 6.83. The maximum atomic E-state index is 11.9. The molecule has 0 unspecified atom stereocenters. The van der Waals surface area contributed by atoms with Gasteiger partial charge in [-0.3, -0.25) is 9.69 Å². The monoisotopic (exact) mass is 260 g/mol. The van der Waals surface area contributed by atoms with Crippen LogP contribution in [0.5, 0.6) is 0 Å². The molecule has 2 atom stereocenters. The van der Waals surface area contributed by atoms with Crippen molar-refractivity contribution in [1.29, 1.82) is 0 Å². The van der Waals surface area contributed by atoms with Crippen LogP contribution in [-0.4, -0.2) is 43.2 Å². The maximum absolute atomic E-state index is 11.9. The summed E-state index contributed by atoms with van der Waals surface area (Å²) in [4.78, 5) is 14.3. The van der Waals surface area contributed by atoms with Crippen LogP contribution in [0.2, 0.25) is 0 Å². The van der Waals surface area contributed by atoms with E-state index in [2.05, 4.69) is 34.5 Å². The molecule has 4 nitrogen and oxygen atoms in total. The normalized spacial score (nSPS) is 30.3. The summed E-state index contributed by atoms with van der Waals surface area (Å²) in [5.41, 5.74) is 1.25. The first-order valence-electron chi connectivity index (χ1n) is 6.83. The molecule has 2 aliphatic rings. The number of carbonyl (C=O) groups is 1. The van der Waals surface area contributed by atoms with E-state index in [1.165, 1.54) is 12.7 Å². The van der Waals surface area contributed by atoms with Crippen LogP contribution in [0.25, 0.3) is 0 Å². The van der Waals surface area contributed by atoms with Crippen LogP contribution in [0, 0.1) is 5.92 Å². The second kappa shape index (κ2) is 4.94. The van der Waals surface area contributed by atoms with E-state index in [9.17, 15) is 4.79 Å². The van der Waals surface area contributed by atoms with Crippen LogP contribution < -0.4 is 5.32 Å². The molecule has 102 valence electrons. The lowest BCUT2D eigenvalue weighted by Crippen LogP contribution is -2.63. The largest absolute Gasteiger partial charge is 0.469 e. The highest BCUT2D eigenvalue weighted by atomic mass is 16.5. The van der Waals surface area contributed by atoms with Crippen molar-refractivity contribution in [2.75, 3.05) is 26.7 Å². The van der Waals surface area contributed by atoms with Gasteiger partial charge in [0.1, 0.15) is 0 Å². The summed E-state index contributed by atoms with van der Waals surface area (Å²) < 4.78 is 4.96. The molecular formula is C15H20N2O2. The second-order valence-electron chi connectivity index (χ2n) is 5.56. The fraction of sp³-hybridized carbons (Fsp3) is 0.533. The van der Waals surface area contributed by atoms with Crippen LogP contribution >= 0.6 is 0 Å². The second-order valence-corrected chi connectivity index (χ2v) is 5.56. The Hall–Kier alpha value is -1.39. The van der Waals surface area contributed by atoms with Crippen molar-refractivity contribution >= 4 is 5.97 Å². The Morgan fingerprint density at radius 1 is 1.47 bits per heavy atom. The Labute approximate surface area is 113 Å². The van der Waals surface area contributed by atoms with Gasteiger partial charge in [-0.25, -0.2) is 0 Å². The van der Waals surface area contributed by atoms with Crippen LogP contribution in [0.4, 0.5) is 0 Å². The molecule has 1 aromatic rings. The number of hydrogen-bond donors (Lipinski definition) is 1. The first-order chi connectivity index (χ1) is 9.23. The summed E-state index contributed by atoms with van der Waals surface area (Å²) in [5.74, 6) is -0.113. The molecule has 2 heterocycles. The fourth-order valence-electron chi connectivity index (χ4n) is 3.29. The molecule has 0 bridgehead atoms. The zero-order valence-corrected chi connectivity index (χ0v) is 11.3. The van der Waals surface area contributed by atoms with Gasteiger partial charge in [0.2, 0.25) is 0 Å². The Bertz CT molecular complexity index is 456. The van der Waals surface area contributed by atoms with Crippen molar-refractivity contribution in [1.82, 2.24) is 10.2 Å². The molecule has 0 aromatic heterocycles. The molecule has 1 spiro atoms. The van der Waals surface area contributed by atoms with Gasteiger partial charge < -0.3 is 10.1 Å². The third-order valence-electron chi connectivity index (χ3n) is 4.40. The summed E-state index contributed by atoms with van der Waals surface area (Å²) in [6.45, 7) is 3.63. The van der Waals surface area contributed by atoms with E-state index in [-0.39, 0.29) is 17.4 Å². The highest BCUT2D eigenvalue weighted by Crippen LogP contribution is 2.36. The number of likely N-dealkylation sites (tertiary alicyclic amines) is 1. The SMILES string of the molecule is COC(=O)[C@H]1CN(Cc2ccccc2)C[C@@]12CCN2. The van der Waals surface area contributed by atoms with E-state index in [1.807, 2.05) is 6.07 Å². The van der Waals surface area contributed by atoms with Gasteiger partial charge in [-0.2, -0.15) is 0 Å². The van der Waals surface area contributed by atoms with E-state index in [4.69, 9.17) is 4.74 Å². The number of nitrogens with one attached hydrogen (secondary N) is 1. The van der Waals surface area contributed by atoms with E-state index in [0.717, 1.165) is 32.6 Å². The Kier molecular flexibility index (Phi) is 3.29. The van der Waals surface area contributed by atoms with Crippen molar-refractivity contribution in [2.24, 2.45) is 5.92 Å². The number of methoxy groups -OCH3 is 1. The van der Waals surface area contributed by atoms with Gasteiger partial charge in [-0.05, 0) is 18.5 Å². The number of benzene rings is 1.